The van der Waals surface area contributed by atoms with Crippen LogP contribution in [-0.2, 0) is 0 Å². The van der Waals surface area contributed by atoms with Gasteiger partial charge in [0.15, 0.2) is 0 Å². The average Bonchev–Trinajstić information content (AvgIpc) is 2.48. The Bertz CT molecular complexity index is 258. The monoisotopic (exact) mass is 192 g/mol. The molecule has 0 bridgehead atoms. The molecule has 1 unspecified atom stereocenters. The summed E-state index contributed by atoms with van der Waals surface area (Å²) in [6.07, 6.45) is 2.81. The van der Waals surface area contributed by atoms with Gasteiger partial charge in [-0.25, -0.2) is 0 Å². The molecule has 1 aliphatic rings. The van der Waals surface area contributed by atoms with Crippen LogP contribution in [0.4, 0.5) is 0 Å². The van der Waals surface area contributed by atoms with E-state index in [1.54, 1.807) is 6.08 Å². The van der Waals surface area contributed by atoms with E-state index in [1.807, 2.05) is 0 Å². The summed E-state index contributed by atoms with van der Waals surface area (Å²) in [5, 5.41) is 8.71. The van der Waals surface area contributed by atoms with Gasteiger partial charge in [0.25, 0.3) is 0 Å². The first-order chi connectivity index (χ1) is 6.57. The molecule has 0 aliphatic carbocycles. The van der Waals surface area contributed by atoms with Gasteiger partial charge in [-0.1, -0.05) is 13.8 Å². The third-order valence-electron chi connectivity index (χ3n) is 2.94. The van der Waals surface area contributed by atoms with Crippen molar-refractivity contribution in [2.24, 2.45) is 5.92 Å². The Hall–Kier alpha value is -0.810. The normalized spacial score (nSPS) is 26.4. The van der Waals surface area contributed by atoms with Crippen molar-refractivity contribution < 1.29 is 0 Å². The highest BCUT2D eigenvalue weighted by molar-refractivity contribution is 5.24. The topological polar surface area (TPSA) is 27.0 Å². The zero-order valence-corrected chi connectivity index (χ0v) is 9.62. The number of nitriles is 1. The smallest absolute Gasteiger partial charge is 0.0912 e. The fourth-order valence-corrected chi connectivity index (χ4v) is 2.39. The molecule has 1 heterocycles. The number of allylic oxidation sites excluding steroid dienone is 1. The molecule has 0 saturated carbocycles. The lowest BCUT2D eigenvalue weighted by Gasteiger charge is -2.31. The molecule has 2 nitrogen and oxygen atoms in total. The van der Waals surface area contributed by atoms with Crippen LogP contribution in [0.15, 0.2) is 11.6 Å². The lowest BCUT2D eigenvalue weighted by Crippen LogP contribution is -2.39. The summed E-state index contributed by atoms with van der Waals surface area (Å²) < 4.78 is 0. The van der Waals surface area contributed by atoms with Crippen LogP contribution < -0.4 is 0 Å². The Labute approximate surface area is 87.2 Å². The van der Waals surface area contributed by atoms with Gasteiger partial charge < -0.3 is 0 Å². The molecule has 78 valence electrons. The number of nitrogens with zero attached hydrogens (tertiary/aromatic N) is 2. The second kappa shape index (κ2) is 4.61. The maximum atomic E-state index is 8.71. The van der Waals surface area contributed by atoms with E-state index in [9.17, 15) is 0 Å². The van der Waals surface area contributed by atoms with Gasteiger partial charge in [-0.05, 0) is 31.8 Å². The summed E-state index contributed by atoms with van der Waals surface area (Å²) in [5.74, 6) is 0.597. The minimum absolute atomic E-state index is 0.481. The maximum Gasteiger partial charge on any atom is 0.0912 e. The Morgan fingerprint density at radius 2 is 2.07 bits per heavy atom. The van der Waals surface area contributed by atoms with Crippen molar-refractivity contribution in [2.75, 3.05) is 6.54 Å². The van der Waals surface area contributed by atoms with E-state index in [2.05, 4.69) is 38.7 Å². The van der Waals surface area contributed by atoms with E-state index in [-0.39, 0.29) is 0 Å². The van der Waals surface area contributed by atoms with Crippen molar-refractivity contribution in [1.82, 2.24) is 4.90 Å². The van der Waals surface area contributed by atoms with E-state index >= 15 is 0 Å². The van der Waals surface area contributed by atoms with Crippen LogP contribution in [0.5, 0.6) is 0 Å². The predicted octanol–water partition coefficient (Wildman–Crippen LogP) is 2.58. The molecule has 14 heavy (non-hydrogen) atoms. The second-order valence-electron chi connectivity index (χ2n) is 4.62. The van der Waals surface area contributed by atoms with Crippen molar-refractivity contribution in [3.05, 3.63) is 11.6 Å². The lowest BCUT2D eigenvalue weighted by atomic mass is 9.96. The Balaban J connectivity index is 2.86. The summed E-state index contributed by atoms with van der Waals surface area (Å²) in [5.41, 5.74) is 1.32. The molecule has 0 spiro atoms. The predicted molar refractivity (Wildman–Crippen MR) is 58.8 cm³/mol. The second-order valence-corrected chi connectivity index (χ2v) is 4.62. The van der Waals surface area contributed by atoms with Gasteiger partial charge >= 0.3 is 0 Å². The molecule has 0 aromatic rings. The van der Waals surface area contributed by atoms with E-state index in [1.165, 1.54) is 5.57 Å². The van der Waals surface area contributed by atoms with E-state index in [0.29, 0.717) is 18.0 Å². The summed E-state index contributed by atoms with van der Waals surface area (Å²) in [6, 6.07) is 3.22. The zero-order valence-electron chi connectivity index (χ0n) is 9.62. The maximum absolute atomic E-state index is 8.71. The van der Waals surface area contributed by atoms with Gasteiger partial charge in [0.2, 0.25) is 0 Å². The van der Waals surface area contributed by atoms with Gasteiger partial charge in [0, 0.05) is 24.7 Å². The molecular formula is C12H20N2. The van der Waals surface area contributed by atoms with Crippen LogP contribution in [0.25, 0.3) is 0 Å². The van der Waals surface area contributed by atoms with Crippen LogP contribution in [-0.4, -0.2) is 23.5 Å². The van der Waals surface area contributed by atoms with Crippen molar-refractivity contribution in [3.63, 3.8) is 0 Å². The van der Waals surface area contributed by atoms with Crippen LogP contribution in [0.2, 0.25) is 0 Å². The summed E-state index contributed by atoms with van der Waals surface area (Å²) >= 11 is 0. The molecule has 0 aromatic carbocycles. The number of hydrogen-bond donors (Lipinski definition) is 0. The van der Waals surface area contributed by atoms with Crippen LogP contribution >= 0.6 is 0 Å². The molecule has 1 saturated heterocycles. The van der Waals surface area contributed by atoms with Crippen LogP contribution in [0.1, 0.15) is 34.1 Å². The highest BCUT2D eigenvalue weighted by atomic mass is 15.2. The zero-order chi connectivity index (χ0) is 10.7. The molecule has 0 amide bonds. The third-order valence-corrected chi connectivity index (χ3v) is 2.94. The summed E-state index contributed by atoms with van der Waals surface area (Å²) in [7, 11) is 0. The van der Waals surface area contributed by atoms with Crippen molar-refractivity contribution in [3.8, 4) is 6.07 Å². The Kier molecular flexibility index (Phi) is 3.71. The number of rotatable bonds is 2. The van der Waals surface area contributed by atoms with Gasteiger partial charge in [0.05, 0.1) is 6.07 Å². The fraction of sp³-hybridized carbons (Fsp3) is 0.750. The molecule has 1 atom stereocenters. The van der Waals surface area contributed by atoms with Gasteiger partial charge in [-0.3, -0.25) is 4.90 Å². The molecule has 1 rings (SSSR count). The molecule has 0 N–H and O–H groups in total. The van der Waals surface area contributed by atoms with Crippen LogP contribution in [0, 0.1) is 17.2 Å². The SMILES string of the molecule is CC(C)C1/C(=C/C#N)CCN1C(C)C. The number of hydrogen-bond acceptors (Lipinski definition) is 2. The first-order valence-corrected chi connectivity index (χ1v) is 5.42. The molecule has 2 heteroatoms. The van der Waals surface area contributed by atoms with E-state index < -0.39 is 0 Å². The highest BCUT2D eigenvalue weighted by Gasteiger charge is 2.32. The Morgan fingerprint density at radius 3 is 2.50 bits per heavy atom. The van der Waals surface area contributed by atoms with E-state index in [0.717, 1.165) is 13.0 Å². The van der Waals surface area contributed by atoms with Crippen LogP contribution in [0.3, 0.4) is 0 Å². The largest absolute Gasteiger partial charge is 0.294 e. The molecule has 1 aliphatic heterocycles. The number of likely N-dealkylation sites (tertiary alicyclic amines) is 1. The van der Waals surface area contributed by atoms with Gasteiger partial charge in [0.1, 0.15) is 0 Å². The minimum atomic E-state index is 0.481. The average molecular weight is 192 g/mol. The highest BCUT2D eigenvalue weighted by Crippen LogP contribution is 2.30. The quantitative estimate of drug-likeness (QED) is 0.629. The third kappa shape index (κ3) is 2.16. The molecule has 0 radical (unpaired) electrons. The van der Waals surface area contributed by atoms with Crippen molar-refractivity contribution in [1.29, 1.82) is 5.26 Å². The molecular weight excluding hydrogens is 172 g/mol. The fourth-order valence-electron chi connectivity index (χ4n) is 2.39. The Morgan fingerprint density at radius 1 is 1.43 bits per heavy atom. The minimum Gasteiger partial charge on any atom is -0.294 e. The first kappa shape index (κ1) is 11.3. The summed E-state index contributed by atoms with van der Waals surface area (Å²) in [4.78, 5) is 2.49. The molecule has 1 fully saturated rings. The summed E-state index contributed by atoms with van der Waals surface area (Å²) in [6.45, 7) is 10.0. The van der Waals surface area contributed by atoms with E-state index in [4.69, 9.17) is 5.26 Å². The van der Waals surface area contributed by atoms with Gasteiger partial charge in [-0.15, -0.1) is 0 Å². The lowest BCUT2D eigenvalue weighted by molar-refractivity contribution is 0.181. The first-order valence-electron chi connectivity index (χ1n) is 5.42. The van der Waals surface area contributed by atoms with Crippen molar-refractivity contribution in [2.45, 2.75) is 46.2 Å². The molecule has 0 aromatic heterocycles. The van der Waals surface area contributed by atoms with Crippen molar-refractivity contribution >= 4 is 0 Å². The standard InChI is InChI=1S/C12H20N2/c1-9(2)12-11(5-7-13)6-8-14(12)10(3)4/h5,9-10,12H,6,8H2,1-4H3/b11-5+. The van der Waals surface area contributed by atoms with Gasteiger partial charge in [-0.2, -0.15) is 5.26 Å².